The number of aliphatic imine (C=N–C) groups is 1. The molecule has 23 heavy (non-hydrogen) atoms. The van der Waals surface area contributed by atoms with E-state index >= 15 is 0 Å². The van der Waals surface area contributed by atoms with Crippen LogP contribution < -0.4 is 5.32 Å². The zero-order valence-corrected chi connectivity index (χ0v) is 14.5. The Hall–Kier alpha value is -2.35. The third-order valence-electron chi connectivity index (χ3n) is 3.47. The summed E-state index contributed by atoms with van der Waals surface area (Å²) in [6, 6.07) is 20.3. The van der Waals surface area contributed by atoms with Gasteiger partial charge in [-0.25, -0.2) is 0 Å². The number of nitrogens with zero attached hydrogens (tertiary/aromatic N) is 1. The summed E-state index contributed by atoms with van der Waals surface area (Å²) in [6.07, 6.45) is 6.41. The Balaban J connectivity index is 2.03. The standard InChI is InChI=1S/C21H26N2/c1-20(2,17-22-18-11-7-5-8-12-18)15-16-21(3,4)23-19-13-9-6-10-14-19/h5-17,23H,1-4H3/b16-15+,22-17?. The molecule has 0 bridgehead atoms. The molecule has 2 nitrogen and oxygen atoms in total. The first-order valence-corrected chi connectivity index (χ1v) is 8.00. The van der Waals surface area contributed by atoms with E-state index in [1.165, 1.54) is 0 Å². The fourth-order valence-corrected chi connectivity index (χ4v) is 2.16. The molecule has 0 unspecified atom stereocenters. The average Bonchev–Trinajstić information content (AvgIpc) is 2.53. The van der Waals surface area contributed by atoms with Gasteiger partial charge in [-0.1, -0.05) is 62.4 Å². The molecule has 0 radical (unpaired) electrons. The number of rotatable bonds is 6. The van der Waals surface area contributed by atoms with E-state index in [2.05, 4.69) is 62.3 Å². The minimum atomic E-state index is -0.126. The predicted octanol–water partition coefficient (Wildman–Crippen LogP) is 5.86. The van der Waals surface area contributed by atoms with Crippen LogP contribution in [0.15, 0.2) is 77.8 Å². The molecule has 2 rings (SSSR count). The molecule has 0 aromatic heterocycles. The Labute approximate surface area is 140 Å². The van der Waals surface area contributed by atoms with E-state index in [0.29, 0.717) is 0 Å². The monoisotopic (exact) mass is 306 g/mol. The van der Waals surface area contributed by atoms with Crippen molar-refractivity contribution in [3.8, 4) is 0 Å². The average molecular weight is 306 g/mol. The van der Waals surface area contributed by atoms with Crippen LogP contribution in [0.2, 0.25) is 0 Å². The second-order valence-corrected chi connectivity index (χ2v) is 6.96. The first-order valence-electron chi connectivity index (χ1n) is 8.00. The van der Waals surface area contributed by atoms with Gasteiger partial charge in [0.2, 0.25) is 0 Å². The van der Waals surface area contributed by atoms with Crippen LogP contribution in [-0.2, 0) is 0 Å². The molecule has 0 heterocycles. The maximum absolute atomic E-state index is 4.57. The molecule has 2 aromatic rings. The van der Waals surface area contributed by atoms with Crippen LogP contribution in [0.25, 0.3) is 0 Å². The molecule has 0 aliphatic carbocycles. The van der Waals surface area contributed by atoms with Crippen LogP contribution >= 0.6 is 0 Å². The van der Waals surface area contributed by atoms with E-state index in [1.807, 2.05) is 54.7 Å². The largest absolute Gasteiger partial charge is 0.377 e. The number of hydrogen-bond acceptors (Lipinski definition) is 2. The molecule has 2 heteroatoms. The van der Waals surface area contributed by atoms with Crippen LogP contribution in [0.5, 0.6) is 0 Å². The first kappa shape index (κ1) is 17.0. The molecule has 0 saturated heterocycles. The van der Waals surface area contributed by atoms with Gasteiger partial charge in [-0.2, -0.15) is 0 Å². The lowest BCUT2D eigenvalue weighted by molar-refractivity contribution is 0.657. The van der Waals surface area contributed by atoms with Crippen LogP contribution in [0.4, 0.5) is 11.4 Å². The lowest BCUT2D eigenvalue weighted by Gasteiger charge is -2.25. The summed E-state index contributed by atoms with van der Waals surface area (Å²) in [5.41, 5.74) is 1.87. The number of benzene rings is 2. The number of nitrogens with one attached hydrogen (secondary N) is 1. The fraction of sp³-hybridized carbons (Fsp3) is 0.286. The Morgan fingerprint density at radius 1 is 0.783 bits per heavy atom. The van der Waals surface area contributed by atoms with Crippen molar-refractivity contribution in [1.29, 1.82) is 0 Å². The van der Waals surface area contributed by atoms with Crippen molar-refractivity contribution in [3.05, 3.63) is 72.8 Å². The predicted molar refractivity (Wildman–Crippen MR) is 102 cm³/mol. The molecule has 0 aliphatic heterocycles. The quantitative estimate of drug-likeness (QED) is 0.524. The minimum Gasteiger partial charge on any atom is -0.377 e. The summed E-state index contributed by atoms with van der Waals surface area (Å²) < 4.78 is 0. The summed E-state index contributed by atoms with van der Waals surface area (Å²) in [7, 11) is 0. The summed E-state index contributed by atoms with van der Waals surface area (Å²) in [5.74, 6) is 0. The van der Waals surface area contributed by atoms with Gasteiger partial charge in [0.05, 0.1) is 5.69 Å². The van der Waals surface area contributed by atoms with Gasteiger partial charge in [0.25, 0.3) is 0 Å². The highest BCUT2D eigenvalue weighted by Crippen LogP contribution is 2.21. The highest BCUT2D eigenvalue weighted by molar-refractivity contribution is 5.71. The Kier molecular flexibility index (Phi) is 5.38. The van der Waals surface area contributed by atoms with Gasteiger partial charge in [-0.15, -0.1) is 0 Å². The summed E-state index contributed by atoms with van der Waals surface area (Å²) in [5, 5.41) is 3.53. The normalized spacial score (nSPS) is 12.9. The van der Waals surface area contributed by atoms with Gasteiger partial charge in [0, 0.05) is 22.9 Å². The van der Waals surface area contributed by atoms with E-state index in [4.69, 9.17) is 0 Å². The van der Waals surface area contributed by atoms with E-state index in [1.54, 1.807) is 0 Å². The molecule has 0 spiro atoms. The zero-order chi connectivity index (χ0) is 16.8. The lowest BCUT2D eigenvalue weighted by atomic mass is 9.91. The van der Waals surface area contributed by atoms with Crippen molar-refractivity contribution in [2.45, 2.75) is 33.2 Å². The van der Waals surface area contributed by atoms with Crippen molar-refractivity contribution in [3.63, 3.8) is 0 Å². The molecule has 2 aromatic carbocycles. The van der Waals surface area contributed by atoms with Crippen molar-refractivity contribution >= 4 is 17.6 Å². The van der Waals surface area contributed by atoms with Crippen LogP contribution in [-0.4, -0.2) is 11.8 Å². The van der Waals surface area contributed by atoms with Gasteiger partial charge in [-0.05, 0) is 38.1 Å². The van der Waals surface area contributed by atoms with Gasteiger partial charge in [0.1, 0.15) is 0 Å². The maximum Gasteiger partial charge on any atom is 0.0626 e. The van der Waals surface area contributed by atoms with Crippen LogP contribution in [0.1, 0.15) is 27.7 Å². The van der Waals surface area contributed by atoms with Crippen LogP contribution in [0, 0.1) is 5.41 Å². The minimum absolute atomic E-state index is 0.106. The number of anilines is 1. The second-order valence-electron chi connectivity index (χ2n) is 6.96. The molecule has 1 N–H and O–H groups in total. The molecule has 0 aliphatic rings. The molecular weight excluding hydrogens is 280 g/mol. The second kappa shape index (κ2) is 7.28. The number of para-hydroxylation sites is 2. The van der Waals surface area contributed by atoms with E-state index in [-0.39, 0.29) is 11.0 Å². The topological polar surface area (TPSA) is 24.4 Å². The van der Waals surface area contributed by atoms with Gasteiger partial charge >= 0.3 is 0 Å². The Bertz CT molecular complexity index is 653. The molecular formula is C21H26N2. The maximum atomic E-state index is 4.57. The number of hydrogen-bond donors (Lipinski definition) is 1. The Morgan fingerprint density at radius 2 is 1.35 bits per heavy atom. The van der Waals surface area contributed by atoms with E-state index < -0.39 is 0 Å². The summed E-state index contributed by atoms with van der Waals surface area (Å²) in [4.78, 5) is 4.57. The van der Waals surface area contributed by atoms with Gasteiger partial charge < -0.3 is 5.32 Å². The SMILES string of the molecule is CC(C)(C=Nc1ccccc1)/C=C/C(C)(C)Nc1ccccc1. The van der Waals surface area contributed by atoms with Crippen molar-refractivity contribution in [2.75, 3.05) is 5.32 Å². The van der Waals surface area contributed by atoms with Crippen molar-refractivity contribution in [1.82, 2.24) is 0 Å². The third kappa shape index (κ3) is 6.11. The fourth-order valence-electron chi connectivity index (χ4n) is 2.16. The number of allylic oxidation sites excluding steroid dienone is 1. The highest BCUT2D eigenvalue weighted by Gasteiger charge is 2.16. The van der Waals surface area contributed by atoms with Crippen LogP contribution in [0.3, 0.4) is 0 Å². The summed E-state index contributed by atoms with van der Waals surface area (Å²) in [6.45, 7) is 8.66. The van der Waals surface area contributed by atoms with Crippen molar-refractivity contribution < 1.29 is 0 Å². The Morgan fingerprint density at radius 3 is 1.96 bits per heavy atom. The van der Waals surface area contributed by atoms with Gasteiger partial charge in [-0.3, -0.25) is 4.99 Å². The third-order valence-corrected chi connectivity index (χ3v) is 3.47. The molecule has 0 fully saturated rings. The molecule has 0 saturated carbocycles. The zero-order valence-electron chi connectivity index (χ0n) is 14.5. The van der Waals surface area contributed by atoms with E-state index in [9.17, 15) is 0 Å². The first-order chi connectivity index (χ1) is 10.9. The smallest absolute Gasteiger partial charge is 0.0626 e. The molecule has 0 atom stereocenters. The summed E-state index contributed by atoms with van der Waals surface area (Å²) >= 11 is 0. The van der Waals surface area contributed by atoms with Crippen molar-refractivity contribution in [2.24, 2.45) is 10.4 Å². The van der Waals surface area contributed by atoms with E-state index in [0.717, 1.165) is 11.4 Å². The molecule has 120 valence electrons. The lowest BCUT2D eigenvalue weighted by Crippen LogP contribution is -2.28. The molecule has 0 amide bonds. The highest BCUT2D eigenvalue weighted by atomic mass is 15.0. The van der Waals surface area contributed by atoms with Gasteiger partial charge in [0.15, 0.2) is 0 Å².